The van der Waals surface area contributed by atoms with Crippen molar-refractivity contribution in [1.29, 1.82) is 0 Å². The third-order valence-corrected chi connectivity index (χ3v) is 9.89. The molecule has 0 fully saturated rings. The van der Waals surface area contributed by atoms with Gasteiger partial charge in [0.1, 0.15) is 0 Å². The quantitative estimate of drug-likeness (QED) is 0.197. The highest BCUT2D eigenvalue weighted by Crippen LogP contribution is 2.63. The molecular weight excluding hydrogens is 556 g/mol. The summed E-state index contributed by atoms with van der Waals surface area (Å²) in [6, 6.07) is 64.0. The minimum Gasteiger partial charge on any atom is -0.345 e. The van der Waals surface area contributed by atoms with Crippen molar-refractivity contribution in [3.05, 3.63) is 198 Å². The molecule has 2 heteroatoms. The Morgan fingerprint density at radius 3 is 1.20 bits per heavy atom. The van der Waals surface area contributed by atoms with Crippen molar-refractivity contribution in [2.75, 3.05) is 16.8 Å². The number of benzene rings is 7. The zero-order valence-electron chi connectivity index (χ0n) is 25.6. The maximum absolute atomic E-state index is 2.43. The van der Waals surface area contributed by atoms with Crippen LogP contribution in [0.1, 0.15) is 22.3 Å². The summed E-state index contributed by atoms with van der Waals surface area (Å²) in [7, 11) is 2.17. The number of anilines is 5. The van der Waals surface area contributed by atoms with Gasteiger partial charge >= 0.3 is 0 Å². The van der Waals surface area contributed by atoms with Gasteiger partial charge in [-0.15, -0.1) is 0 Å². The first-order chi connectivity index (χ1) is 22.7. The van der Waals surface area contributed by atoms with Crippen LogP contribution in [0.15, 0.2) is 176 Å². The van der Waals surface area contributed by atoms with Crippen LogP contribution < -0.4 is 9.80 Å². The van der Waals surface area contributed by atoms with Crippen molar-refractivity contribution >= 4 is 28.4 Å². The fourth-order valence-corrected chi connectivity index (χ4v) is 7.87. The second-order valence-electron chi connectivity index (χ2n) is 12.2. The lowest BCUT2D eigenvalue weighted by Gasteiger charge is -2.31. The van der Waals surface area contributed by atoms with E-state index in [1.807, 2.05) is 0 Å². The van der Waals surface area contributed by atoms with Gasteiger partial charge in [0, 0.05) is 35.5 Å². The smallest absolute Gasteiger partial charge is 0.0726 e. The molecule has 0 N–H and O–H groups in total. The summed E-state index contributed by atoms with van der Waals surface area (Å²) in [6.45, 7) is 0. The van der Waals surface area contributed by atoms with Gasteiger partial charge in [-0.2, -0.15) is 0 Å². The molecule has 46 heavy (non-hydrogen) atoms. The zero-order chi connectivity index (χ0) is 30.7. The summed E-state index contributed by atoms with van der Waals surface area (Å²) in [6.07, 6.45) is 0. The summed E-state index contributed by atoms with van der Waals surface area (Å²) in [4.78, 5) is 4.61. The van der Waals surface area contributed by atoms with Gasteiger partial charge in [-0.05, 0) is 105 Å². The second-order valence-corrected chi connectivity index (χ2v) is 12.2. The van der Waals surface area contributed by atoms with Gasteiger partial charge in [-0.1, -0.05) is 115 Å². The molecule has 7 aromatic carbocycles. The van der Waals surface area contributed by atoms with E-state index in [0.29, 0.717) is 0 Å². The fraction of sp³-hybridized carbons (Fsp3) is 0.0455. The van der Waals surface area contributed by atoms with Gasteiger partial charge in [0.2, 0.25) is 0 Å². The molecule has 0 atom stereocenters. The third kappa shape index (κ3) is 3.77. The first kappa shape index (κ1) is 26.5. The Morgan fingerprint density at radius 2 is 0.696 bits per heavy atom. The van der Waals surface area contributed by atoms with Gasteiger partial charge in [-0.25, -0.2) is 0 Å². The van der Waals surface area contributed by atoms with Gasteiger partial charge in [-0.3, -0.25) is 0 Å². The molecule has 7 aromatic rings. The first-order valence-electron chi connectivity index (χ1n) is 15.9. The number of hydrogen-bond acceptors (Lipinski definition) is 2. The van der Waals surface area contributed by atoms with Crippen LogP contribution in [-0.2, 0) is 5.41 Å². The van der Waals surface area contributed by atoms with E-state index in [0.717, 1.165) is 22.7 Å². The average Bonchev–Trinajstić information content (AvgIpc) is 3.60. The molecule has 0 amide bonds. The molecule has 2 nitrogen and oxygen atoms in total. The van der Waals surface area contributed by atoms with Crippen molar-refractivity contribution in [2.45, 2.75) is 5.41 Å². The second kappa shape index (κ2) is 10.4. The van der Waals surface area contributed by atoms with Crippen LogP contribution in [0.4, 0.5) is 28.4 Å². The van der Waals surface area contributed by atoms with Crippen LogP contribution in [0.25, 0.3) is 22.3 Å². The van der Waals surface area contributed by atoms with Crippen molar-refractivity contribution in [1.82, 2.24) is 0 Å². The molecule has 0 radical (unpaired) electrons. The molecule has 2 aliphatic rings. The molecule has 218 valence electrons. The number of nitrogens with zero attached hydrogens (tertiary/aromatic N) is 2. The third-order valence-electron chi connectivity index (χ3n) is 9.89. The highest BCUT2D eigenvalue weighted by atomic mass is 15.1. The lowest BCUT2D eigenvalue weighted by molar-refractivity contribution is 0.793. The highest BCUT2D eigenvalue weighted by molar-refractivity contribution is 5.95. The van der Waals surface area contributed by atoms with Gasteiger partial charge < -0.3 is 9.80 Å². The summed E-state index contributed by atoms with van der Waals surface area (Å²) in [5, 5.41) is 0. The lowest BCUT2D eigenvalue weighted by Crippen LogP contribution is -2.26. The summed E-state index contributed by atoms with van der Waals surface area (Å²) >= 11 is 0. The molecule has 0 aromatic heterocycles. The van der Waals surface area contributed by atoms with E-state index in [1.54, 1.807) is 0 Å². The first-order valence-corrected chi connectivity index (χ1v) is 15.9. The average molecular weight is 589 g/mol. The molecule has 1 spiro atoms. The molecule has 0 heterocycles. The highest BCUT2D eigenvalue weighted by Gasteiger charge is 2.51. The summed E-state index contributed by atoms with van der Waals surface area (Å²) in [5.74, 6) is 0. The molecular formula is C44H32N2. The fourth-order valence-electron chi connectivity index (χ4n) is 7.87. The van der Waals surface area contributed by atoms with E-state index in [1.165, 1.54) is 50.2 Å². The van der Waals surface area contributed by atoms with Gasteiger partial charge in [0.05, 0.1) is 5.41 Å². The van der Waals surface area contributed by atoms with Crippen LogP contribution in [0.5, 0.6) is 0 Å². The monoisotopic (exact) mass is 588 g/mol. The van der Waals surface area contributed by atoms with E-state index < -0.39 is 0 Å². The van der Waals surface area contributed by atoms with E-state index in [4.69, 9.17) is 0 Å². The molecule has 0 aliphatic heterocycles. The molecule has 0 saturated heterocycles. The predicted molar refractivity (Wildman–Crippen MR) is 192 cm³/mol. The Bertz CT molecular complexity index is 2120. The van der Waals surface area contributed by atoms with Crippen molar-refractivity contribution in [3.63, 3.8) is 0 Å². The van der Waals surface area contributed by atoms with Crippen LogP contribution in [0.3, 0.4) is 0 Å². The Morgan fingerprint density at radius 1 is 0.326 bits per heavy atom. The topological polar surface area (TPSA) is 6.48 Å². The van der Waals surface area contributed by atoms with Crippen LogP contribution in [-0.4, -0.2) is 7.05 Å². The van der Waals surface area contributed by atoms with Gasteiger partial charge in [0.15, 0.2) is 0 Å². The summed E-state index contributed by atoms with van der Waals surface area (Å²) < 4.78 is 0. The maximum atomic E-state index is 2.43. The standard InChI is InChI=1S/C44H32N2/c1-45(31-24-26-34(27-25-31)46(32-14-4-2-5-15-32)33-16-6-3-7-17-33)35-28-29-39-38-20-10-13-23-42(38)44(43(39)30-35)40-21-11-8-18-36(40)37-19-9-12-22-41(37)44/h2-30H,1H3. The number of fused-ring (bicyclic) bond motifs is 10. The number of rotatable bonds is 5. The van der Waals surface area contributed by atoms with E-state index in [-0.39, 0.29) is 5.41 Å². The van der Waals surface area contributed by atoms with E-state index in [9.17, 15) is 0 Å². The van der Waals surface area contributed by atoms with E-state index >= 15 is 0 Å². The van der Waals surface area contributed by atoms with Crippen molar-refractivity contribution < 1.29 is 0 Å². The van der Waals surface area contributed by atoms with Crippen LogP contribution >= 0.6 is 0 Å². The minimum absolute atomic E-state index is 0.342. The van der Waals surface area contributed by atoms with Crippen LogP contribution in [0, 0.1) is 0 Å². The predicted octanol–water partition coefficient (Wildman–Crippen LogP) is 11.3. The van der Waals surface area contributed by atoms with Crippen LogP contribution in [0.2, 0.25) is 0 Å². The summed E-state index contributed by atoms with van der Waals surface area (Å²) in [5.41, 5.74) is 16.1. The molecule has 2 aliphatic carbocycles. The Kier molecular flexibility index (Phi) is 5.97. The molecule has 9 rings (SSSR count). The van der Waals surface area contributed by atoms with Gasteiger partial charge in [0.25, 0.3) is 0 Å². The molecule has 0 saturated carbocycles. The van der Waals surface area contributed by atoms with Crippen molar-refractivity contribution in [2.24, 2.45) is 0 Å². The zero-order valence-corrected chi connectivity index (χ0v) is 25.6. The number of para-hydroxylation sites is 2. The normalized spacial score (nSPS) is 13.1. The Hall–Kier alpha value is -5.86. The number of hydrogen-bond donors (Lipinski definition) is 0. The largest absolute Gasteiger partial charge is 0.345 e. The Labute approximate surface area is 270 Å². The minimum atomic E-state index is -0.342. The molecule has 0 bridgehead atoms. The van der Waals surface area contributed by atoms with Crippen molar-refractivity contribution in [3.8, 4) is 22.3 Å². The lowest BCUT2D eigenvalue weighted by atomic mass is 9.70. The Balaban J connectivity index is 1.15. The SMILES string of the molecule is CN(c1ccc(N(c2ccccc2)c2ccccc2)cc1)c1ccc2c(c1)C1(c3ccccc3-c3ccccc31)c1ccccc1-2. The van der Waals surface area contributed by atoms with E-state index in [2.05, 4.69) is 193 Å². The molecule has 0 unspecified atom stereocenters. The maximum Gasteiger partial charge on any atom is 0.0726 e.